The first kappa shape index (κ1) is 15.5. The van der Waals surface area contributed by atoms with Crippen molar-refractivity contribution < 1.29 is 9.13 Å². The number of nitrogens with one attached hydrogen (secondary N) is 1. The van der Waals surface area contributed by atoms with E-state index in [1.807, 2.05) is 44.2 Å². The van der Waals surface area contributed by atoms with E-state index >= 15 is 0 Å². The Morgan fingerprint density at radius 1 is 1.05 bits per heavy atom. The second-order valence-electron chi connectivity index (χ2n) is 4.99. The average Bonchev–Trinajstić information content (AvgIpc) is 2.48. The van der Waals surface area contributed by atoms with Gasteiger partial charge >= 0.3 is 0 Å². The lowest BCUT2D eigenvalue weighted by molar-refractivity contribution is 0.444. The van der Waals surface area contributed by atoms with Crippen molar-refractivity contribution in [3.63, 3.8) is 0 Å². The summed E-state index contributed by atoms with van der Waals surface area (Å²) in [5.41, 5.74) is 1.69. The van der Waals surface area contributed by atoms with Gasteiger partial charge in [0.25, 0.3) is 0 Å². The fourth-order valence-corrected chi connectivity index (χ4v) is 2.45. The van der Waals surface area contributed by atoms with Crippen LogP contribution in [-0.4, -0.2) is 6.54 Å². The molecule has 0 aliphatic carbocycles. The van der Waals surface area contributed by atoms with E-state index in [1.54, 1.807) is 6.07 Å². The summed E-state index contributed by atoms with van der Waals surface area (Å²) < 4.78 is 20.2. The molecule has 2 rings (SSSR count). The molecule has 3 heteroatoms. The maximum Gasteiger partial charge on any atom is 0.135 e. The number of benzene rings is 2. The Balaban J connectivity index is 2.38. The first-order valence-corrected chi connectivity index (χ1v) is 7.44. The molecule has 0 aromatic heterocycles. The van der Waals surface area contributed by atoms with E-state index < -0.39 is 0 Å². The Morgan fingerprint density at radius 3 is 2.48 bits per heavy atom. The monoisotopic (exact) mass is 287 g/mol. The predicted molar refractivity (Wildman–Crippen MR) is 84.4 cm³/mol. The summed E-state index contributed by atoms with van der Waals surface area (Å²) in [7, 11) is 0. The SMILES string of the molecule is CCNC(C)c1c(F)cccc1Oc1ccccc1CC. The van der Waals surface area contributed by atoms with Crippen molar-refractivity contribution >= 4 is 0 Å². The molecule has 0 spiro atoms. The van der Waals surface area contributed by atoms with Crippen molar-refractivity contribution in [2.75, 3.05) is 6.54 Å². The van der Waals surface area contributed by atoms with Crippen LogP contribution in [0.3, 0.4) is 0 Å². The van der Waals surface area contributed by atoms with Crippen LogP contribution in [-0.2, 0) is 6.42 Å². The predicted octanol–water partition coefficient (Wildman–Crippen LogP) is 4.85. The minimum absolute atomic E-state index is 0.0972. The quantitative estimate of drug-likeness (QED) is 0.820. The maximum atomic E-state index is 14.2. The van der Waals surface area contributed by atoms with Crippen molar-refractivity contribution in [1.82, 2.24) is 5.32 Å². The fourth-order valence-electron chi connectivity index (χ4n) is 2.45. The van der Waals surface area contributed by atoms with Crippen molar-refractivity contribution in [1.29, 1.82) is 0 Å². The first-order chi connectivity index (χ1) is 10.2. The average molecular weight is 287 g/mol. The van der Waals surface area contributed by atoms with Crippen molar-refractivity contribution in [2.24, 2.45) is 0 Å². The lowest BCUT2D eigenvalue weighted by Crippen LogP contribution is -2.19. The molecular formula is C18H22FNO. The van der Waals surface area contributed by atoms with Gasteiger partial charge in [0.15, 0.2) is 0 Å². The van der Waals surface area contributed by atoms with E-state index in [0.717, 1.165) is 24.3 Å². The summed E-state index contributed by atoms with van der Waals surface area (Å²) in [4.78, 5) is 0. The van der Waals surface area contributed by atoms with Gasteiger partial charge in [-0.05, 0) is 43.7 Å². The number of halogens is 1. The largest absolute Gasteiger partial charge is 0.457 e. The van der Waals surface area contributed by atoms with E-state index in [9.17, 15) is 4.39 Å². The Hall–Kier alpha value is -1.87. The molecule has 0 bridgehead atoms. The van der Waals surface area contributed by atoms with Crippen LogP contribution in [0.5, 0.6) is 11.5 Å². The topological polar surface area (TPSA) is 21.3 Å². The lowest BCUT2D eigenvalue weighted by Gasteiger charge is -2.19. The van der Waals surface area contributed by atoms with Gasteiger partial charge in [-0.1, -0.05) is 38.1 Å². The first-order valence-electron chi connectivity index (χ1n) is 7.44. The zero-order chi connectivity index (χ0) is 15.2. The number of para-hydroxylation sites is 1. The zero-order valence-electron chi connectivity index (χ0n) is 12.8. The van der Waals surface area contributed by atoms with Gasteiger partial charge in [0.05, 0.1) is 0 Å². The van der Waals surface area contributed by atoms with Gasteiger partial charge in [-0.25, -0.2) is 4.39 Å². The smallest absolute Gasteiger partial charge is 0.135 e. The maximum absolute atomic E-state index is 14.2. The standard InChI is InChI=1S/C18H22FNO/c1-4-14-9-6-7-11-16(14)21-17-12-8-10-15(19)18(17)13(3)20-5-2/h6-13,20H,4-5H2,1-3H3. The van der Waals surface area contributed by atoms with Gasteiger partial charge in [0.2, 0.25) is 0 Å². The van der Waals surface area contributed by atoms with Crippen LogP contribution < -0.4 is 10.1 Å². The third-order valence-electron chi connectivity index (χ3n) is 3.53. The van der Waals surface area contributed by atoms with Crippen molar-refractivity contribution in [3.8, 4) is 11.5 Å². The zero-order valence-corrected chi connectivity index (χ0v) is 12.8. The molecule has 0 aliphatic heterocycles. The molecule has 2 aromatic rings. The van der Waals surface area contributed by atoms with E-state index in [4.69, 9.17) is 4.74 Å². The summed E-state index contributed by atoms with van der Waals surface area (Å²) in [6.07, 6.45) is 0.879. The van der Waals surface area contributed by atoms with Crippen LogP contribution in [0, 0.1) is 5.82 Å². The van der Waals surface area contributed by atoms with Gasteiger partial charge < -0.3 is 10.1 Å². The molecule has 0 radical (unpaired) electrons. The number of hydrogen-bond donors (Lipinski definition) is 1. The van der Waals surface area contributed by atoms with Crippen molar-refractivity contribution in [2.45, 2.75) is 33.2 Å². The molecule has 112 valence electrons. The highest BCUT2D eigenvalue weighted by atomic mass is 19.1. The van der Waals surface area contributed by atoms with Crippen LogP contribution in [0.2, 0.25) is 0 Å². The number of hydrogen-bond acceptors (Lipinski definition) is 2. The Bertz CT molecular complexity index is 598. The summed E-state index contributed by atoms with van der Waals surface area (Å²) in [5, 5.41) is 3.24. The van der Waals surface area contributed by atoms with Crippen LogP contribution >= 0.6 is 0 Å². The van der Waals surface area contributed by atoms with Gasteiger partial charge in [-0.15, -0.1) is 0 Å². The van der Waals surface area contributed by atoms with Gasteiger partial charge in [-0.2, -0.15) is 0 Å². The molecule has 1 atom stereocenters. The molecule has 0 saturated heterocycles. The van der Waals surface area contributed by atoms with Crippen LogP contribution in [0.15, 0.2) is 42.5 Å². The summed E-state index contributed by atoms with van der Waals surface area (Å²) in [5.74, 6) is 1.12. The molecule has 2 nitrogen and oxygen atoms in total. The van der Waals surface area contributed by atoms with E-state index in [2.05, 4.69) is 12.2 Å². The van der Waals surface area contributed by atoms with E-state index in [0.29, 0.717) is 11.3 Å². The Labute approximate surface area is 126 Å². The molecule has 0 aliphatic rings. The highest BCUT2D eigenvalue weighted by Crippen LogP contribution is 2.33. The highest BCUT2D eigenvalue weighted by molar-refractivity contribution is 5.43. The fraction of sp³-hybridized carbons (Fsp3) is 0.333. The van der Waals surface area contributed by atoms with Gasteiger partial charge in [-0.3, -0.25) is 0 Å². The normalized spacial score (nSPS) is 12.2. The van der Waals surface area contributed by atoms with E-state index in [-0.39, 0.29) is 11.9 Å². The van der Waals surface area contributed by atoms with Crippen LogP contribution in [0.1, 0.15) is 37.9 Å². The molecule has 21 heavy (non-hydrogen) atoms. The van der Waals surface area contributed by atoms with Crippen LogP contribution in [0.25, 0.3) is 0 Å². The molecule has 1 N–H and O–H groups in total. The minimum Gasteiger partial charge on any atom is -0.457 e. The Kier molecular flexibility index (Phi) is 5.34. The lowest BCUT2D eigenvalue weighted by atomic mass is 10.1. The van der Waals surface area contributed by atoms with Crippen LogP contribution in [0.4, 0.5) is 4.39 Å². The second kappa shape index (κ2) is 7.23. The third-order valence-corrected chi connectivity index (χ3v) is 3.53. The molecule has 0 fully saturated rings. The molecule has 0 saturated carbocycles. The number of ether oxygens (including phenoxy) is 1. The van der Waals surface area contributed by atoms with E-state index in [1.165, 1.54) is 6.07 Å². The number of rotatable bonds is 6. The summed E-state index contributed by atoms with van der Waals surface area (Å²) >= 11 is 0. The molecular weight excluding hydrogens is 265 g/mol. The molecule has 0 amide bonds. The number of aryl methyl sites for hydroxylation is 1. The molecule has 1 unspecified atom stereocenters. The molecule has 2 aromatic carbocycles. The summed E-state index contributed by atoms with van der Waals surface area (Å²) in [6.45, 7) is 6.81. The Morgan fingerprint density at radius 2 is 1.76 bits per heavy atom. The van der Waals surface area contributed by atoms with Crippen molar-refractivity contribution in [3.05, 3.63) is 59.4 Å². The molecule has 0 heterocycles. The van der Waals surface area contributed by atoms with Gasteiger partial charge in [0, 0.05) is 11.6 Å². The van der Waals surface area contributed by atoms with Gasteiger partial charge in [0.1, 0.15) is 17.3 Å². The second-order valence-corrected chi connectivity index (χ2v) is 4.99. The third kappa shape index (κ3) is 3.61. The minimum atomic E-state index is -0.241. The summed E-state index contributed by atoms with van der Waals surface area (Å²) in [6, 6.07) is 12.7. The highest BCUT2D eigenvalue weighted by Gasteiger charge is 2.17.